The third kappa shape index (κ3) is 8.25. The van der Waals surface area contributed by atoms with Gasteiger partial charge < -0.3 is 29.2 Å². The predicted molar refractivity (Wildman–Crippen MR) is 309 cm³/mol. The maximum Gasteiger partial charge on any atom is 0.138 e. The molecule has 0 saturated heterocycles. The van der Waals surface area contributed by atoms with Crippen molar-refractivity contribution in [1.82, 2.24) is 64.7 Å². The van der Waals surface area contributed by atoms with Crippen LogP contribution in [0.2, 0.25) is 0 Å². The molecule has 0 aliphatic rings. The molecule has 0 bridgehead atoms. The van der Waals surface area contributed by atoms with Gasteiger partial charge in [-0.05, 0) is 146 Å². The highest BCUT2D eigenvalue weighted by atomic mass is 16.5. The number of nitrogens with zero attached hydrogens (tertiary/aromatic N) is 10. The lowest BCUT2D eigenvalue weighted by Gasteiger charge is -2.22. The molecule has 0 fully saturated rings. The van der Waals surface area contributed by atoms with Gasteiger partial charge in [-0.1, -0.05) is 0 Å². The number of hydrogen-bond donors (Lipinski definition) is 3. The van der Waals surface area contributed by atoms with Crippen LogP contribution in [0.15, 0.2) is 183 Å². The Morgan fingerprint density at radius 1 is 0.291 bits per heavy atom. The highest BCUT2D eigenvalue weighted by Gasteiger charge is 2.19. The summed E-state index contributed by atoms with van der Waals surface area (Å²) in [4.78, 5) is 56.1. The first-order valence-electron chi connectivity index (χ1n) is 26.1. The Labute approximate surface area is 449 Å². The average Bonchev–Trinajstić information content (AvgIpc) is 4.50. The van der Waals surface area contributed by atoms with Crippen molar-refractivity contribution in [3.05, 3.63) is 183 Å². The summed E-state index contributed by atoms with van der Waals surface area (Å²) in [5.41, 5.74) is 13.3. The van der Waals surface area contributed by atoms with E-state index in [0.717, 1.165) is 150 Å². The monoisotopic (exact) mass is 1030 g/mol. The molecule has 6 aromatic carbocycles. The van der Waals surface area contributed by atoms with Gasteiger partial charge in [0, 0.05) is 106 Å². The molecule has 0 spiro atoms. The van der Waals surface area contributed by atoms with Crippen molar-refractivity contribution < 1.29 is 14.2 Å². The highest BCUT2D eigenvalue weighted by Crippen LogP contribution is 2.37. The number of hydrogen-bond acceptors (Lipinski definition) is 13. The zero-order valence-electron chi connectivity index (χ0n) is 42.3. The average molecular weight is 1030 g/mol. The van der Waals surface area contributed by atoms with Crippen molar-refractivity contribution >= 4 is 98.5 Å². The molecule has 79 heavy (non-hydrogen) atoms. The Balaban J connectivity index is 0.635. The van der Waals surface area contributed by atoms with Crippen molar-refractivity contribution in [3.63, 3.8) is 0 Å². The fourth-order valence-corrected chi connectivity index (χ4v) is 10.8. The molecule has 16 nitrogen and oxygen atoms in total. The lowest BCUT2D eigenvalue weighted by atomic mass is 10.1. The topological polar surface area (TPSA) is 194 Å². The molecule has 9 aromatic heterocycles. The van der Waals surface area contributed by atoms with Gasteiger partial charge in [-0.25, -0.2) is 15.0 Å². The summed E-state index contributed by atoms with van der Waals surface area (Å²) < 4.78 is 19.1. The van der Waals surface area contributed by atoms with Crippen LogP contribution in [0, 0.1) is 0 Å². The van der Waals surface area contributed by atoms with Crippen molar-refractivity contribution in [2.24, 2.45) is 0 Å². The van der Waals surface area contributed by atoms with Crippen LogP contribution in [-0.4, -0.2) is 104 Å². The molecule has 0 radical (unpaired) electrons. The summed E-state index contributed by atoms with van der Waals surface area (Å²) in [6.07, 6.45) is 10.8. The van der Waals surface area contributed by atoms with Crippen LogP contribution >= 0.6 is 0 Å². The fourth-order valence-electron chi connectivity index (χ4n) is 10.8. The van der Waals surface area contributed by atoms with Crippen LogP contribution in [0.3, 0.4) is 0 Å². The summed E-state index contributed by atoms with van der Waals surface area (Å²) in [6.45, 7) is 3.27. The van der Waals surface area contributed by atoms with Gasteiger partial charge in [0.05, 0.1) is 66.2 Å². The van der Waals surface area contributed by atoms with Crippen LogP contribution in [-0.2, 0) is 0 Å². The standard InChI is InChI=1S/C63H45N13O3/c1-7-43-49(64-25-1)50-44(8-2-26-65-50)56-55(43)70-61(71-56)37-13-19-40(20-14-37)77-34-31-76(32-35-78-41-21-15-38(16-22-41)62-72-57-45-9-3-27-66-51(45)52-46(58(57)73-62)10-4-28-67-52)33-36-79-42-23-17-39(18-24-42)63-74-59-47-11-5-29-68-53(47)54-48(60(59)75-63)12-6-30-69-54/h1-30H,31-36H2,(H,70,71)(H,72,73)(H,74,75). The van der Waals surface area contributed by atoms with Gasteiger partial charge in [-0.3, -0.25) is 34.8 Å². The molecule has 0 aliphatic carbocycles. The first-order valence-corrected chi connectivity index (χ1v) is 26.1. The third-order valence-corrected chi connectivity index (χ3v) is 14.6. The van der Waals surface area contributed by atoms with Crippen molar-refractivity contribution in [2.45, 2.75) is 0 Å². The Morgan fingerprint density at radius 2 is 0.544 bits per heavy atom. The molecule has 15 aromatic rings. The van der Waals surface area contributed by atoms with Crippen molar-refractivity contribution in [3.8, 4) is 51.4 Å². The summed E-state index contributed by atoms with van der Waals surface area (Å²) in [6, 6.07) is 48.0. The number of rotatable bonds is 15. The van der Waals surface area contributed by atoms with E-state index in [-0.39, 0.29) is 0 Å². The molecule has 16 heteroatoms. The zero-order chi connectivity index (χ0) is 52.2. The van der Waals surface area contributed by atoms with E-state index in [1.807, 2.05) is 127 Å². The van der Waals surface area contributed by atoms with Gasteiger partial charge in [0.25, 0.3) is 0 Å². The molecule has 0 atom stereocenters. The maximum atomic E-state index is 6.38. The quantitative estimate of drug-likeness (QED) is 0.0822. The molecule has 9 heterocycles. The van der Waals surface area contributed by atoms with Gasteiger partial charge in [0.2, 0.25) is 0 Å². The van der Waals surface area contributed by atoms with E-state index in [4.69, 9.17) is 29.2 Å². The fraction of sp³-hybridized carbons (Fsp3) is 0.0952. The Hall–Kier alpha value is -10.5. The smallest absolute Gasteiger partial charge is 0.138 e. The number of aromatic nitrogens is 12. The first-order chi connectivity index (χ1) is 39.1. The Morgan fingerprint density at radius 3 is 0.823 bits per heavy atom. The maximum absolute atomic E-state index is 6.38. The molecular weight excluding hydrogens is 987 g/mol. The van der Waals surface area contributed by atoms with Crippen molar-refractivity contribution in [1.29, 1.82) is 0 Å². The van der Waals surface area contributed by atoms with E-state index >= 15 is 0 Å². The number of pyridine rings is 6. The largest absolute Gasteiger partial charge is 0.492 e. The molecule has 0 amide bonds. The molecule has 0 aliphatic heterocycles. The second-order valence-electron chi connectivity index (χ2n) is 19.3. The predicted octanol–water partition coefficient (Wildman–Crippen LogP) is 12.4. The van der Waals surface area contributed by atoms with Crippen LogP contribution < -0.4 is 14.2 Å². The number of imidazole rings is 3. The van der Waals surface area contributed by atoms with Crippen LogP contribution in [0.25, 0.3) is 133 Å². The molecule has 3 N–H and O–H groups in total. The van der Waals surface area contributed by atoms with Gasteiger partial charge in [0.1, 0.15) is 54.5 Å². The normalized spacial score (nSPS) is 12.0. The molecule has 380 valence electrons. The van der Waals surface area contributed by atoms with Gasteiger partial charge >= 0.3 is 0 Å². The van der Waals surface area contributed by atoms with E-state index in [2.05, 4.69) is 68.0 Å². The molecular formula is C63H45N13O3. The second kappa shape index (κ2) is 19.3. The Kier molecular flexibility index (Phi) is 11.2. The minimum Gasteiger partial charge on any atom is -0.492 e. The first kappa shape index (κ1) is 45.9. The minimum absolute atomic E-state index is 0.452. The van der Waals surface area contributed by atoms with E-state index in [1.54, 1.807) is 37.2 Å². The summed E-state index contributed by atoms with van der Waals surface area (Å²) in [7, 11) is 0. The van der Waals surface area contributed by atoms with E-state index in [0.29, 0.717) is 39.5 Å². The van der Waals surface area contributed by atoms with Crippen LogP contribution in [0.5, 0.6) is 17.2 Å². The van der Waals surface area contributed by atoms with Gasteiger partial charge in [-0.2, -0.15) is 0 Å². The molecule has 15 rings (SSSR count). The minimum atomic E-state index is 0.452. The SMILES string of the molecule is c1cnc2c(c1)c1nc(-c3ccc(OCCN(CCOc4ccc(-c5nc6c7cccnc7c7ncccc7c6[nH]5)cc4)CCOc4ccc(-c5nc6c7cccnc7c7ncccc7c6[nH]5)cc4)cc3)[nH]c1c1cccnc12. The van der Waals surface area contributed by atoms with Gasteiger partial charge in [0.15, 0.2) is 0 Å². The van der Waals surface area contributed by atoms with Crippen LogP contribution in [0.1, 0.15) is 0 Å². The molecule has 0 unspecified atom stereocenters. The zero-order valence-corrected chi connectivity index (χ0v) is 42.3. The number of H-pyrrole nitrogens is 3. The second-order valence-corrected chi connectivity index (χ2v) is 19.3. The lowest BCUT2D eigenvalue weighted by Crippen LogP contribution is -2.35. The Bertz CT molecular complexity index is 4090. The van der Waals surface area contributed by atoms with Crippen molar-refractivity contribution in [2.75, 3.05) is 39.5 Å². The number of ether oxygens (including phenoxy) is 3. The van der Waals surface area contributed by atoms with E-state index in [9.17, 15) is 0 Å². The highest BCUT2D eigenvalue weighted by molar-refractivity contribution is 6.23. The molecule has 0 saturated carbocycles. The van der Waals surface area contributed by atoms with Crippen LogP contribution in [0.4, 0.5) is 0 Å². The summed E-state index contributed by atoms with van der Waals surface area (Å²) >= 11 is 0. The number of aromatic amines is 3. The van der Waals surface area contributed by atoms with Gasteiger partial charge in [-0.15, -0.1) is 0 Å². The third-order valence-electron chi connectivity index (χ3n) is 14.6. The van der Waals surface area contributed by atoms with E-state index in [1.165, 1.54) is 0 Å². The summed E-state index contributed by atoms with van der Waals surface area (Å²) in [5.74, 6) is 4.57. The number of nitrogens with one attached hydrogen (secondary N) is 3. The summed E-state index contributed by atoms with van der Waals surface area (Å²) in [5, 5.41) is 5.82. The lowest BCUT2D eigenvalue weighted by molar-refractivity contribution is 0.153. The number of fused-ring (bicyclic) bond motifs is 18. The number of benzene rings is 6. The van der Waals surface area contributed by atoms with E-state index < -0.39 is 0 Å².